The lowest BCUT2D eigenvalue weighted by atomic mass is 9.65. The fraction of sp³-hybridized carbons (Fsp3) is 0.684. The molecule has 21 heavy (non-hydrogen) atoms. The number of aliphatic hydroxyl groups is 1. The van der Waals surface area contributed by atoms with Crippen LogP contribution in [0.3, 0.4) is 0 Å². The summed E-state index contributed by atoms with van der Waals surface area (Å²) in [6.07, 6.45) is 9.06. The van der Waals surface area contributed by atoms with Gasteiger partial charge in [0, 0.05) is 12.5 Å². The van der Waals surface area contributed by atoms with Gasteiger partial charge in [-0.1, -0.05) is 56.0 Å². The van der Waals surface area contributed by atoms with Gasteiger partial charge in [0.25, 0.3) is 0 Å². The third-order valence-electron chi connectivity index (χ3n) is 5.96. The molecule has 3 N–H and O–H groups in total. The minimum Gasteiger partial charge on any atom is -0.392 e. The van der Waals surface area contributed by atoms with E-state index in [0.717, 1.165) is 11.8 Å². The molecular weight excluding hydrogens is 258 g/mol. The fourth-order valence-electron chi connectivity index (χ4n) is 4.72. The molecule has 0 amide bonds. The number of aliphatic hydroxyl groups excluding tert-OH is 1. The quantitative estimate of drug-likeness (QED) is 0.887. The highest BCUT2D eigenvalue weighted by Crippen LogP contribution is 2.45. The van der Waals surface area contributed by atoms with E-state index in [0.29, 0.717) is 12.5 Å². The van der Waals surface area contributed by atoms with Crippen LogP contribution in [0.5, 0.6) is 0 Å². The summed E-state index contributed by atoms with van der Waals surface area (Å²) in [5.41, 5.74) is 7.18. The molecule has 2 aliphatic carbocycles. The van der Waals surface area contributed by atoms with E-state index in [9.17, 15) is 5.11 Å². The van der Waals surface area contributed by atoms with Crippen LogP contribution in [0.4, 0.5) is 0 Å². The van der Waals surface area contributed by atoms with Crippen molar-refractivity contribution in [3.05, 3.63) is 35.9 Å². The van der Waals surface area contributed by atoms with E-state index in [2.05, 4.69) is 12.1 Å². The Morgan fingerprint density at radius 1 is 1.00 bits per heavy atom. The normalized spacial score (nSPS) is 32.2. The molecule has 0 heterocycles. The molecule has 2 aliphatic rings. The summed E-state index contributed by atoms with van der Waals surface area (Å²) in [5.74, 6) is 2.34. The van der Waals surface area contributed by atoms with Crippen LogP contribution in [0.25, 0.3) is 0 Å². The van der Waals surface area contributed by atoms with Crippen LogP contribution in [0.2, 0.25) is 0 Å². The first-order chi connectivity index (χ1) is 10.3. The molecule has 0 saturated heterocycles. The van der Waals surface area contributed by atoms with Crippen molar-refractivity contribution >= 4 is 0 Å². The zero-order valence-electron chi connectivity index (χ0n) is 13.0. The van der Waals surface area contributed by atoms with E-state index < -0.39 is 0 Å². The molecule has 2 saturated carbocycles. The molecule has 0 radical (unpaired) electrons. The highest BCUT2D eigenvalue weighted by Gasteiger charge is 2.37. The molecule has 116 valence electrons. The van der Waals surface area contributed by atoms with E-state index >= 15 is 0 Å². The van der Waals surface area contributed by atoms with Crippen LogP contribution >= 0.6 is 0 Å². The number of hydrogen-bond acceptors (Lipinski definition) is 2. The van der Waals surface area contributed by atoms with Gasteiger partial charge in [-0.15, -0.1) is 0 Å². The first kappa shape index (κ1) is 15.1. The maximum Gasteiger partial charge on any atom is 0.0649 e. The zero-order valence-corrected chi connectivity index (χ0v) is 13.0. The van der Waals surface area contributed by atoms with Crippen LogP contribution in [-0.4, -0.2) is 17.8 Å². The van der Waals surface area contributed by atoms with Crippen molar-refractivity contribution in [1.82, 2.24) is 0 Å². The number of fused-ring (bicyclic) bond motifs is 1. The van der Waals surface area contributed by atoms with E-state index in [4.69, 9.17) is 5.73 Å². The third kappa shape index (κ3) is 3.32. The van der Waals surface area contributed by atoms with Crippen molar-refractivity contribution in [1.29, 1.82) is 0 Å². The summed E-state index contributed by atoms with van der Waals surface area (Å²) in [5, 5.41) is 10.9. The van der Waals surface area contributed by atoms with Gasteiger partial charge >= 0.3 is 0 Å². The van der Waals surface area contributed by atoms with Crippen LogP contribution in [-0.2, 0) is 0 Å². The first-order valence-corrected chi connectivity index (χ1v) is 8.72. The summed E-state index contributed by atoms with van der Waals surface area (Å²) in [6, 6.07) is 10.3. The smallest absolute Gasteiger partial charge is 0.0649 e. The fourth-order valence-corrected chi connectivity index (χ4v) is 4.72. The molecule has 2 heteroatoms. The summed E-state index contributed by atoms with van der Waals surface area (Å²) < 4.78 is 0. The molecule has 0 aromatic heterocycles. The maximum absolute atomic E-state index is 10.9. The monoisotopic (exact) mass is 287 g/mol. The second-order valence-electron chi connectivity index (χ2n) is 7.12. The van der Waals surface area contributed by atoms with Gasteiger partial charge in [0.05, 0.1) is 6.10 Å². The summed E-state index contributed by atoms with van der Waals surface area (Å²) in [7, 11) is 0. The van der Waals surface area contributed by atoms with Crippen molar-refractivity contribution in [3.63, 3.8) is 0 Å². The third-order valence-corrected chi connectivity index (χ3v) is 5.96. The Morgan fingerprint density at radius 2 is 1.71 bits per heavy atom. The summed E-state index contributed by atoms with van der Waals surface area (Å²) in [6.45, 7) is 0.537. The second-order valence-corrected chi connectivity index (χ2v) is 7.12. The lowest BCUT2D eigenvalue weighted by Gasteiger charge is -2.42. The number of rotatable bonds is 4. The predicted octanol–water partition coefficient (Wildman–Crippen LogP) is 3.70. The van der Waals surface area contributed by atoms with Crippen LogP contribution in [0, 0.1) is 17.8 Å². The van der Waals surface area contributed by atoms with Crippen LogP contribution in [0.15, 0.2) is 30.3 Å². The minimum atomic E-state index is -0.278. The molecule has 5 unspecified atom stereocenters. The van der Waals surface area contributed by atoms with Crippen molar-refractivity contribution < 1.29 is 5.11 Å². The van der Waals surface area contributed by atoms with Gasteiger partial charge in [-0.3, -0.25) is 0 Å². The molecule has 1 aromatic carbocycles. The summed E-state index contributed by atoms with van der Waals surface area (Å²) >= 11 is 0. The van der Waals surface area contributed by atoms with Gasteiger partial charge in [0.1, 0.15) is 0 Å². The molecule has 5 atom stereocenters. The van der Waals surface area contributed by atoms with Crippen molar-refractivity contribution in [2.45, 2.75) is 57.0 Å². The van der Waals surface area contributed by atoms with Crippen molar-refractivity contribution in [2.24, 2.45) is 23.5 Å². The molecule has 0 bridgehead atoms. The molecule has 2 nitrogen and oxygen atoms in total. The van der Waals surface area contributed by atoms with E-state index in [1.807, 2.05) is 18.2 Å². The highest BCUT2D eigenvalue weighted by atomic mass is 16.3. The maximum atomic E-state index is 10.9. The summed E-state index contributed by atoms with van der Waals surface area (Å²) in [4.78, 5) is 0. The average Bonchev–Trinajstić information content (AvgIpc) is 2.56. The van der Waals surface area contributed by atoms with Gasteiger partial charge in [-0.2, -0.15) is 0 Å². The number of nitrogens with two attached hydrogens (primary N) is 1. The first-order valence-electron chi connectivity index (χ1n) is 8.72. The lowest BCUT2D eigenvalue weighted by molar-refractivity contribution is 0.0214. The van der Waals surface area contributed by atoms with Gasteiger partial charge in [0.2, 0.25) is 0 Å². The second kappa shape index (κ2) is 6.93. The van der Waals surface area contributed by atoms with Gasteiger partial charge in [-0.25, -0.2) is 0 Å². The van der Waals surface area contributed by atoms with Crippen molar-refractivity contribution in [3.8, 4) is 0 Å². The number of benzene rings is 1. The largest absolute Gasteiger partial charge is 0.392 e. The lowest BCUT2D eigenvalue weighted by Crippen LogP contribution is -2.38. The van der Waals surface area contributed by atoms with Crippen molar-refractivity contribution in [2.75, 3.05) is 6.54 Å². The Morgan fingerprint density at radius 3 is 2.43 bits per heavy atom. The van der Waals surface area contributed by atoms with Gasteiger partial charge in [-0.05, 0) is 42.6 Å². The van der Waals surface area contributed by atoms with Crippen LogP contribution < -0.4 is 5.73 Å². The SMILES string of the molecule is NCC(c1ccccc1)C(O)C1CCC2CCCCC2C1. The minimum absolute atomic E-state index is 0.0938. The zero-order chi connectivity index (χ0) is 14.7. The standard InChI is InChI=1S/C19H29NO/c20-13-18(15-7-2-1-3-8-15)19(21)17-11-10-14-6-4-5-9-16(14)12-17/h1-3,7-8,14,16-19,21H,4-6,9-13,20H2. The van der Waals surface area contributed by atoms with Gasteiger partial charge < -0.3 is 10.8 Å². The Bertz CT molecular complexity index is 432. The van der Waals surface area contributed by atoms with E-state index in [1.54, 1.807) is 0 Å². The Balaban J connectivity index is 1.67. The molecule has 2 fully saturated rings. The van der Waals surface area contributed by atoms with E-state index in [-0.39, 0.29) is 12.0 Å². The van der Waals surface area contributed by atoms with Crippen LogP contribution in [0.1, 0.15) is 56.4 Å². The number of hydrogen-bond donors (Lipinski definition) is 2. The average molecular weight is 287 g/mol. The topological polar surface area (TPSA) is 46.2 Å². The molecule has 3 rings (SSSR count). The Hall–Kier alpha value is -0.860. The highest BCUT2D eigenvalue weighted by molar-refractivity contribution is 5.21. The predicted molar refractivity (Wildman–Crippen MR) is 87.0 cm³/mol. The Labute approximate surface area is 128 Å². The van der Waals surface area contributed by atoms with Gasteiger partial charge in [0.15, 0.2) is 0 Å². The molecular formula is C19H29NO. The Kier molecular flexibility index (Phi) is 4.97. The molecule has 0 aliphatic heterocycles. The van der Waals surface area contributed by atoms with E-state index in [1.165, 1.54) is 50.5 Å². The molecule has 0 spiro atoms. The molecule has 1 aromatic rings.